The number of hydrogen-bond donors (Lipinski definition) is 0. The van der Waals surface area contributed by atoms with E-state index in [1.165, 1.54) is 0 Å². The van der Waals surface area contributed by atoms with Crippen molar-refractivity contribution in [3.63, 3.8) is 0 Å². The van der Waals surface area contributed by atoms with Crippen molar-refractivity contribution in [2.24, 2.45) is 0 Å². The van der Waals surface area contributed by atoms with Crippen molar-refractivity contribution in [1.82, 2.24) is 0 Å². The molecule has 0 aromatic carbocycles. The number of ether oxygens (including phenoxy) is 1. The highest BCUT2D eigenvalue weighted by Crippen LogP contribution is 2.37. The van der Waals surface area contributed by atoms with Crippen molar-refractivity contribution >= 4 is 29.2 Å². The third-order valence-corrected chi connectivity index (χ3v) is 2.55. The highest BCUT2D eigenvalue weighted by Gasteiger charge is 2.45. The van der Waals surface area contributed by atoms with E-state index < -0.39 is 10.3 Å². The van der Waals surface area contributed by atoms with Crippen molar-refractivity contribution in [2.75, 3.05) is 0 Å². The monoisotopic (exact) mass is 210 g/mol. The number of hydrogen-bond acceptors (Lipinski definition) is 2. The summed E-state index contributed by atoms with van der Waals surface area (Å²) in [5.41, 5.74) is 0. The van der Waals surface area contributed by atoms with Gasteiger partial charge in [0.2, 0.25) is 4.33 Å². The van der Waals surface area contributed by atoms with Gasteiger partial charge in [-0.05, 0) is 6.42 Å². The molecule has 1 saturated heterocycles. The number of cyclic esters (lactones) is 1. The second-order valence-electron chi connectivity index (χ2n) is 3.08. The Balaban J connectivity index is 2.39. The average Bonchev–Trinajstić information content (AvgIpc) is 2.22. The Morgan fingerprint density at radius 1 is 1.67 bits per heavy atom. The van der Waals surface area contributed by atoms with E-state index in [2.05, 4.69) is 6.92 Å². The first-order valence-corrected chi connectivity index (χ1v) is 4.91. The summed E-state index contributed by atoms with van der Waals surface area (Å²) in [6, 6.07) is 0. The van der Waals surface area contributed by atoms with Gasteiger partial charge in [0, 0.05) is 6.42 Å². The molecule has 12 heavy (non-hydrogen) atoms. The summed E-state index contributed by atoms with van der Waals surface area (Å²) in [6.45, 7) is 2.09. The molecule has 0 saturated carbocycles. The minimum atomic E-state index is -1.29. The van der Waals surface area contributed by atoms with Gasteiger partial charge in [0.1, 0.15) is 6.10 Å². The molecule has 2 nitrogen and oxygen atoms in total. The lowest BCUT2D eigenvalue weighted by molar-refractivity contribution is -0.142. The standard InChI is InChI=1S/C8H12Cl2O2/c1-2-3-4-6-5-8(9,10)7(11)12-6/h6H,2-5H2,1H3. The smallest absolute Gasteiger partial charge is 0.343 e. The summed E-state index contributed by atoms with van der Waals surface area (Å²) in [4.78, 5) is 11.0. The van der Waals surface area contributed by atoms with Crippen LogP contribution < -0.4 is 0 Å². The first-order valence-electron chi connectivity index (χ1n) is 4.15. The molecule has 0 radical (unpaired) electrons. The highest BCUT2D eigenvalue weighted by atomic mass is 35.5. The summed E-state index contributed by atoms with van der Waals surface area (Å²) in [5, 5.41) is 0. The molecule has 70 valence electrons. The molecule has 1 aliphatic heterocycles. The molecule has 0 bridgehead atoms. The number of carbonyl (C=O) groups excluding carboxylic acids is 1. The van der Waals surface area contributed by atoms with E-state index in [0.29, 0.717) is 6.42 Å². The number of unbranched alkanes of at least 4 members (excludes halogenated alkanes) is 1. The maximum atomic E-state index is 11.0. The zero-order chi connectivity index (χ0) is 9.19. The first-order chi connectivity index (χ1) is 5.56. The van der Waals surface area contributed by atoms with E-state index in [4.69, 9.17) is 27.9 Å². The lowest BCUT2D eigenvalue weighted by atomic mass is 10.1. The van der Waals surface area contributed by atoms with Gasteiger partial charge < -0.3 is 4.74 Å². The van der Waals surface area contributed by atoms with E-state index >= 15 is 0 Å². The molecule has 1 fully saturated rings. The van der Waals surface area contributed by atoms with Gasteiger partial charge in [0.25, 0.3) is 0 Å². The van der Waals surface area contributed by atoms with Crippen LogP contribution in [0, 0.1) is 0 Å². The van der Waals surface area contributed by atoms with E-state index in [1.54, 1.807) is 0 Å². The van der Waals surface area contributed by atoms with Crippen LogP contribution in [-0.4, -0.2) is 16.4 Å². The molecule has 0 N–H and O–H groups in total. The van der Waals surface area contributed by atoms with Gasteiger partial charge in [0.15, 0.2) is 0 Å². The van der Waals surface area contributed by atoms with E-state index in [0.717, 1.165) is 19.3 Å². The molecule has 1 atom stereocenters. The topological polar surface area (TPSA) is 26.3 Å². The fourth-order valence-corrected chi connectivity index (χ4v) is 1.67. The van der Waals surface area contributed by atoms with Gasteiger partial charge >= 0.3 is 5.97 Å². The minimum absolute atomic E-state index is 0.0764. The van der Waals surface area contributed by atoms with E-state index in [1.807, 2.05) is 0 Å². The molecular formula is C8H12Cl2O2. The third-order valence-electron chi connectivity index (χ3n) is 1.94. The third kappa shape index (κ3) is 2.27. The zero-order valence-electron chi connectivity index (χ0n) is 6.98. The molecule has 1 rings (SSSR count). The van der Waals surface area contributed by atoms with Gasteiger partial charge in [-0.3, -0.25) is 0 Å². The zero-order valence-corrected chi connectivity index (χ0v) is 8.49. The minimum Gasteiger partial charge on any atom is -0.460 e. The number of carbonyl (C=O) groups is 1. The Bertz CT molecular complexity index is 180. The van der Waals surface area contributed by atoms with Crippen molar-refractivity contribution in [3.8, 4) is 0 Å². The van der Waals surface area contributed by atoms with Gasteiger partial charge in [-0.25, -0.2) is 4.79 Å². The Morgan fingerprint density at radius 3 is 2.75 bits per heavy atom. The summed E-state index contributed by atoms with van der Waals surface area (Å²) < 4.78 is 3.68. The summed E-state index contributed by atoms with van der Waals surface area (Å²) in [5.74, 6) is -0.494. The quantitative estimate of drug-likeness (QED) is 0.529. The Labute approximate surface area is 82.2 Å². The predicted molar refractivity (Wildman–Crippen MR) is 48.5 cm³/mol. The van der Waals surface area contributed by atoms with Crippen molar-refractivity contribution < 1.29 is 9.53 Å². The number of alkyl halides is 2. The van der Waals surface area contributed by atoms with Crippen LogP contribution in [0.25, 0.3) is 0 Å². The highest BCUT2D eigenvalue weighted by molar-refractivity contribution is 6.57. The number of esters is 1. The number of halogens is 2. The second-order valence-corrected chi connectivity index (χ2v) is 4.56. The average molecular weight is 211 g/mol. The molecular weight excluding hydrogens is 199 g/mol. The van der Waals surface area contributed by atoms with Crippen molar-refractivity contribution in [2.45, 2.75) is 43.0 Å². The van der Waals surface area contributed by atoms with Crippen molar-refractivity contribution in [3.05, 3.63) is 0 Å². The molecule has 0 aliphatic carbocycles. The van der Waals surface area contributed by atoms with Crippen LogP contribution >= 0.6 is 23.2 Å². The molecule has 4 heteroatoms. The van der Waals surface area contributed by atoms with Crippen LogP contribution in [0.15, 0.2) is 0 Å². The van der Waals surface area contributed by atoms with Crippen LogP contribution in [0.2, 0.25) is 0 Å². The molecule has 1 heterocycles. The SMILES string of the molecule is CCCCC1CC(Cl)(Cl)C(=O)O1. The lowest BCUT2D eigenvalue weighted by Crippen LogP contribution is -2.18. The summed E-state index contributed by atoms with van der Waals surface area (Å²) in [6.07, 6.45) is 3.35. The van der Waals surface area contributed by atoms with E-state index in [9.17, 15) is 4.79 Å². The Kier molecular flexibility index (Phi) is 3.24. The van der Waals surface area contributed by atoms with E-state index in [-0.39, 0.29) is 6.10 Å². The molecule has 0 amide bonds. The van der Waals surface area contributed by atoms with Gasteiger partial charge in [-0.2, -0.15) is 0 Å². The largest absolute Gasteiger partial charge is 0.460 e. The molecule has 0 spiro atoms. The molecule has 0 aromatic heterocycles. The maximum Gasteiger partial charge on any atom is 0.343 e. The lowest BCUT2D eigenvalue weighted by Gasteiger charge is -2.06. The Morgan fingerprint density at radius 2 is 2.33 bits per heavy atom. The van der Waals surface area contributed by atoms with Crippen LogP contribution in [-0.2, 0) is 9.53 Å². The van der Waals surface area contributed by atoms with Gasteiger partial charge in [-0.1, -0.05) is 43.0 Å². The molecule has 1 unspecified atom stereocenters. The van der Waals surface area contributed by atoms with Crippen LogP contribution in [0.3, 0.4) is 0 Å². The van der Waals surface area contributed by atoms with Crippen LogP contribution in [0.4, 0.5) is 0 Å². The van der Waals surface area contributed by atoms with Crippen LogP contribution in [0.5, 0.6) is 0 Å². The normalized spacial score (nSPS) is 27.2. The van der Waals surface area contributed by atoms with Crippen LogP contribution in [0.1, 0.15) is 32.6 Å². The fourth-order valence-electron chi connectivity index (χ4n) is 1.24. The van der Waals surface area contributed by atoms with Gasteiger partial charge in [-0.15, -0.1) is 0 Å². The number of rotatable bonds is 3. The summed E-state index contributed by atoms with van der Waals surface area (Å²) in [7, 11) is 0. The predicted octanol–water partition coefficient (Wildman–Crippen LogP) is 2.67. The van der Waals surface area contributed by atoms with Crippen molar-refractivity contribution in [1.29, 1.82) is 0 Å². The Hall–Kier alpha value is 0.0500. The first kappa shape index (κ1) is 10.1. The summed E-state index contributed by atoms with van der Waals surface area (Å²) >= 11 is 11.4. The molecule has 0 aromatic rings. The fraction of sp³-hybridized carbons (Fsp3) is 0.875. The maximum absolute atomic E-state index is 11.0. The molecule has 1 aliphatic rings. The van der Waals surface area contributed by atoms with Gasteiger partial charge in [0.05, 0.1) is 0 Å². The second kappa shape index (κ2) is 3.84.